The molecule has 174 valence electrons. The van der Waals surface area contributed by atoms with Gasteiger partial charge in [0, 0.05) is 32.2 Å². The van der Waals surface area contributed by atoms with E-state index in [9.17, 15) is 14.4 Å². The van der Waals surface area contributed by atoms with Crippen molar-refractivity contribution in [1.29, 1.82) is 0 Å². The number of carbonyl (C=O) groups excluding carboxylic acids is 3. The Bertz CT molecular complexity index is 819. The average Bonchev–Trinajstić information content (AvgIpc) is 2.76. The molecule has 0 aromatic heterocycles. The van der Waals surface area contributed by atoms with Crippen LogP contribution in [0, 0.1) is 0 Å². The van der Waals surface area contributed by atoms with Crippen LogP contribution in [0.2, 0.25) is 0 Å². The van der Waals surface area contributed by atoms with Gasteiger partial charge in [-0.25, -0.2) is 24.9 Å². The minimum absolute atomic E-state index is 0.145. The Morgan fingerprint density at radius 1 is 1.28 bits per heavy atom. The molecule has 1 unspecified atom stereocenters. The van der Waals surface area contributed by atoms with Gasteiger partial charge in [0.05, 0.1) is 6.54 Å². The number of isocyanates is 1. The highest BCUT2D eigenvalue weighted by Crippen LogP contribution is 2.14. The molecule has 1 saturated heterocycles. The Labute approximate surface area is 188 Å². The second-order valence-corrected chi connectivity index (χ2v) is 8.33. The van der Waals surface area contributed by atoms with Crippen LogP contribution in [0.5, 0.6) is 0 Å². The van der Waals surface area contributed by atoms with Gasteiger partial charge in [0.1, 0.15) is 5.60 Å². The van der Waals surface area contributed by atoms with Gasteiger partial charge in [-0.15, -0.1) is 0 Å². The van der Waals surface area contributed by atoms with E-state index in [1.807, 2.05) is 24.3 Å². The number of amides is 2. The minimum Gasteiger partial charge on any atom is -0.444 e. The molecule has 0 radical (unpaired) electrons. The minimum atomic E-state index is -0.634. The summed E-state index contributed by atoms with van der Waals surface area (Å²) in [7, 11) is 0. The maximum atomic E-state index is 12.5. The number of hydroxylamine groups is 1. The van der Waals surface area contributed by atoms with E-state index in [1.54, 1.807) is 26.8 Å². The van der Waals surface area contributed by atoms with Crippen molar-refractivity contribution in [3.63, 3.8) is 0 Å². The topological polar surface area (TPSA) is 107 Å². The summed E-state index contributed by atoms with van der Waals surface area (Å²) in [5, 5.41) is 0. The highest BCUT2D eigenvalue weighted by molar-refractivity contribution is 5.90. The fourth-order valence-corrected chi connectivity index (χ4v) is 2.87. The van der Waals surface area contributed by atoms with Crippen molar-refractivity contribution in [3.8, 4) is 0 Å². The molecular formula is C23H31N3O6. The molecule has 0 aliphatic carbocycles. The first kappa shape index (κ1) is 25.3. The second-order valence-electron chi connectivity index (χ2n) is 8.33. The summed E-state index contributed by atoms with van der Waals surface area (Å²) in [6, 6.07) is 7.37. The molecule has 1 heterocycles. The molecule has 2 rings (SSSR count). The van der Waals surface area contributed by atoms with Gasteiger partial charge in [-0.3, -0.25) is 4.79 Å². The van der Waals surface area contributed by atoms with E-state index in [0.29, 0.717) is 13.2 Å². The Morgan fingerprint density at radius 2 is 2.03 bits per heavy atom. The maximum Gasteiger partial charge on any atom is 0.410 e. The first-order valence-electron chi connectivity index (χ1n) is 10.6. The lowest BCUT2D eigenvalue weighted by Crippen LogP contribution is -2.37. The van der Waals surface area contributed by atoms with Crippen LogP contribution in [0.15, 0.2) is 35.3 Å². The lowest BCUT2D eigenvalue weighted by molar-refractivity contribution is -0.198. The smallest absolute Gasteiger partial charge is 0.410 e. The van der Waals surface area contributed by atoms with Crippen molar-refractivity contribution in [2.75, 3.05) is 19.7 Å². The maximum absolute atomic E-state index is 12.5. The second kappa shape index (κ2) is 12.8. The van der Waals surface area contributed by atoms with Gasteiger partial charge in [-0.1, -0.05) is 24.3 Å². The Hall–Kier alpha value is -3.00. The van der Waals surface area contributed by atoms with E-state index in [2.05, 4.69) is 10.5 Å². The highest BCUT2D eigenvalue weighted by atomic mass is 16.8. The van der Waals surface area contributed by atoms with Gasteiger partial charge >= 0.3 is 6.09 Å². The lowest BCUT2D eigenvalue weighted by atomic mass is 10.1. The van der Waals surface area contributed by atoms with Crippen LogP contribution >= 0.6 is 0 Å². The zero-order valence-electron chi connectivity index (χ0n) is 18.8. The number of ether oxygens (including phenoxy) is 2. The molecule has 1 atom stereocenters. The summed E-state index contributed by atoms with van der Waals surface area (Å²) in [4.78, 5) is 44.9. The van der Waals surface area contributed by atoms with E-state index < -0.39 is 18.0 Å². The molecule has 1 N–H and O–H groups in total. The predicted molar refractivity (Wildman–Crippen MR) is 118 cm³/mol. The van der Waals surface area contributed by atoms with Gasteiger partial charge in [0.2, 0.25) is 6.08 Å². The van der Waals surface area contributed by atoms with Crippen molar-refractivity contribution in [2.45, 2.75) is 58.5 Å². The Kier molecular flexibility index (Phi) is 10.1. The molecular weight excluding hydrogens is 414 g/mol. The van der Waals surface area contributed by atoms with Crippen LogP contribution in [0.3, 0.4) is 0 Å². The summed E-state index contributed by atoms with van der Waals surface area (Å²) < 4.78 is 10.8. The van der Waals surface area contributed by atoms with E-state index in [1.165, 1.54) is 17.1 Å². The van der Waals surface area contributed by atoms with Crippen molar-refractivity contribution in [2.24, 2.45) is 4.99 Å². The van der Waals surface area contributed by atoms with E-state index in [0.717, 1.165) is 30.4 Å². The first-order valence-corrected chi connectivity index (χ1v) is 10.6. The zero-order chi connectivity index (χ0) is 23.4. The summed E-state index contributed by atoms with van der Waals surface area (Å²) in [6.07, 6.45) is 6.40. The fourth-order valence-electron chi connectivity index (χ4n) is 2.87. The Balaban J connectivity index is 1.90. The summed E-state index contributed by atoms with van der Waals surface area (Å²) in [6.45, 7) is 6.68. The van der Waals surface area contributed by atoms with Gasteiger partial charge < -0.3 is 14.4 Å². The number of aliphatic imine (C=N–C) groups is 1. The van der Waals surface area contributed by atoms with Gasteiger partial charge in [0.15, 0.2) is 6.29 Å². The molecule has 1 aromatic rings. The number of hydrogen-bond acceptors (Lipinski definition) is 7. The third-order valence-corrected chi connectivity index (χ3v) is 4.41. The molecule has 2 amide bonds. The largest absolute Gasteiger partial charge is 0.444 e. The number of carbonyl (C=O) groups is 2. The van der Waals surface area contributed by atoms with E-state index >= 15 is 0 Å². The van der Waals surface area contributed by atoms with Gasteiger partial charge in [0.25, 0.3) is 5.91 Å². The third-order valence-electron chi connectivity index (χ3n) is 4.41. The molecule has 9 heteroatoms. The van der Waals surface area contributed by atoms with Crippen LogP contribution in [-0.4, -0.2) is 54.6 Å². The molecule has 1 aliphatic rings. The number of nitrogens with zero attached hydrogens (tertiary/aromatic N) is 2. The van der Waals surface area contributed by atoms with Crippen molar-refractivity contribution >= 4 is 24.2 Å². The number of hydrogen-bond donors (Lipinski definition) is 1. The lowest BCUT2D eigenvalue weighted by Gasteiger charge is -2.27. The number of benzene rings is 1. The van der Waals surface area contributed by atoms with E-state index in [-0.39, 0.29) is 19.0 Å². The molecule has 0 spiro atoms. The number of rotatable bonds is 9. The van der Waals surface area contributed by atoms with Crippen LogP contribution in [0.25, 0.3) is 6.08 Å². The molecule has 1 fully saturated rings. The highest BCUT2D eigenvalue weighted by Gasteiger charge is 2.22. The van der Waals surface area contributed by atoms with Crippen LogP contribution < -0.4 is 5.48 Å². The Morgan fingerprint density at radius 3 is 2.66 bits per heavy atom. The van der Waals surface area contributed by atoms with Crippen LogP contribution in [0.4, 0.5) is 4.79 Å². The summed E-state index contributed by atoms with van der Waals surface area (Å²) in [5.74, 6) is -0.380. The molecule has 9 nitrogen and oxygen atoms in total. The summed E-state index contributed by atoms with van der Waals surface area (Å²) >= 11 is 0. The van der Waals surface area contributed by atoms with Gasteiger partial charge in [-0.2, -0.15) is 0 Å². The van der Waals surface area contributed by atoms with Crippen LogP contribution in [-0.2, 0) is 30.4 Å². The monoisotopic (exact) mass is 445 g/mol. The first-order chi connectivity index (χ1) is 15.3. The van der Waals surface area contributed by atoms with E-state index in [4.69, 9.17) is 14.3 Å². The standard InChI is InChI=1S/C23H31N3O6/c1-23(2,3)31-22(29)26(14-13-24-17-27)16-19-9-7-18(8-10-19)11-12-20(28)25-32-21-6-4-5-15-30-21/h7-12,21H,4-6,13-16H2,1-3H3,(H,25,28). The molecule has 0 bridgehead atoms. The number of nitrogens with one attached hydrogen (secondary N) is 1. The fraction of sp³-hybridized carbons (Fsp3) is 0.522. The summed E-state index contributed by atoms with van der Waals surface area (Å²) in [5.41, 5.74) is 3.42. The normalized spacial score (nSPS) is 16.3. The SMILES string of the molecule is CC(C)(C)OC(=O)N(CCN=C=O)Cc1ccc(C=CC(=O)NOC2CCCCO2)cc1. The van der Waals surface area contributed by atoms with Crippen molar-refractivity contribution < 1.29 is 28.7 Å². The van der Waals surface area contributed by atoms with Crippen molar-refractivity contribution in [3.05, 3.63) is 41.5 Å². The molecule has 0 saturated carbocycles. The molecule has 32 heavy (non-hydrogen) atoms. The predicted octanol–water partition coefficient (Wildman–Crippen LogP) is 3.35. The van der Waals surface area contributed by atoms with Gasteiger partial charge in [-0.05, 0) is 50.8 Å². The van der Waals surface area contributed by atoms with Crippen molar-refractivity contribution in [1.82, 2.24) is 10.4 Å². The quantitative estimate of drug-likeness (QED) is 0.270. The van der Waals surface area contributed by atoms with Crippen LogP contribution in [0.1, 0.15) is 51.2 Å². The molecule has 1 aromatic carbocycles. The third kappa shape index (κ3) is 9.87. The zero-order valence-corrected chi connectivity index (χ0v) is 18.8. The molecule has 1 aliphatic heterocycles. The average molecular weight is 446 g/mol.